The molecule has 1 aromatic rings. The molecular formula is C12H17NO3. The molecule has 1 aromatic carbocycles. The van der Waals surface area contributed by atoms with Crippen LogP contribution in [0.5, 0.6) is 0 Å². The van der Waals surface area contributed by atoms with E-state index in [-0.39, 0.29) is 0 Å². The van der Waals surface area contributed by atoms with Crippen LogP contribution in [-0.2, 0) is 6.54 Å². The van der Waals surface area contributed by atoms with Crippen molar-refractivity contribution in [3.05, 3.63) is 35.9 Å². The van der Waals surface area contributed by atoms with Crippen LogP contribution in [0.2, 0.25) is 0 Å². The summed E-state index contributed by atoms with van der Waals surface area (Å²) < 4.78 is 0. The molecule has 1 amide bonds. The van der Waals surface area contributed by atoms with Gasteiger partial charge in [-0.05, 0) is 19.4 Å². The minimum absolute atomic E-state index is 0.294. The maximum absolute atomic E-state index is 11.1. The standard InChI is InChI=1S/C12H17NO3/c1-9(10(2)14)13(12(15)16)8-11-6-4-3-5-7-11/h3-7,9-10,14H,8H2,1-2H3,(H,15,16)/t9-,10?/m1/s1. The number of nitrogens with zero attached hydrogens (tertiary/aromatic N) is 1. The third-order valence-corrected chi connectivity index (χ3v) is 2.63. The van der Waals surface area contributed by atoms with Crippen molar-refractivity contribution in [2.75, 3.05) is 0 Å². The summed E-state index contributed by atoms with van der Waals surface area (Å²) in [6.45, 7) is 3.58. The normalized spacial score (nSPS) is 14.2. The van der Waals surface area contributed by atoms with Gasteiger partial charge in [0.15, 0.2) is 0 Å². The molecule has 0 aromatic heterocycles. The quantitative estimate of drug-likeness (QED) is 0.820. The number of rotatable bonds is 4. The van der Waals surface area contributed by atoms with E-state index in [1.54, 1.807) is 13.8 Å². The maximum Gasteiger partial charge on any atom is 0.407 e. The molecule has 0 aliphatic heterocycles. The molecule has 1 rings (SSSR count). The highest BCUT2D eigenvalue weighted by atomic mass is 16.4. The topological polar surface area (TPSA) is 60.8 Å². The van der Waals surface area contributed by atoms with Crippen LogP contribution in [0.4, 0.5) is 4.79 Å². The monoisotopic (exact) mass is 223 g/mol. The number of carboxylic acid groups (broad SMARTS) is 1. The van der Waals surface area contributed by atoms with Crippen molar-refractivity contribution in [1.29, 1.82) is 0 Å². The average Bonchev–Trinajstić information content (AvgIpc) is 2.26. The Morgan fingerprint density at radius 2 is 1.88 bits per heavy atom. The number of benzene rings is 1. The van der Waals surface area contributed by atoms with Crippen LogP contribution in [0.3, 0.4) is 0 Å². The molecule has 0 aliphatic carbocycles. The van der Waals surface area contributed by atoms with E-state index in [1.807, 2.05) is 30.3 Å². The van der Waals surface area contributed by atoms with Crippen LogP contribution in [0.1, 0.15) is 19.4 Å². The van der Waals surface area contributed by atoms with Gasteiger partial charge in [0.25, 0.3) is 0 Å². The number of aliphatic hydroxyl groups is 1. The second kappa shape index (κ2) is 5.51. The lowest BCUT2D eigenvalue weighted by molar-refractivity contribution is 0.0615. The summed E-state index contributed by atoms with van der Waals surface area (Å²) in [5.74, 6) is 0. The summed E-state index contributed by atoms with van der Waals surface area (Å²) in [5, 5.41) is 18.5. The van der Waals surface area contributed by atoms with Gasteiger partial charge in [-0.15, -0.1) is 0 Å². The Hall–Kier alpha value is -1.55. The summed E-state index contributed by atoms with van der Waals surface area (Å²) in [4.78, 5) is 12.3. The van der Waals surface area contributed by atoms with Gasteiger partial charge >= 0.3 is 6.09 Å². The van der Waals surface area contributed by atoms with Gasteiger partial charge in [0.2, 0.25) is 0 Å². The lowest BCUT2D eigenvalue weighted by Crippen LogP contribution is -2.43. The summed E-state index contributed by atoms with van der Waals surface area (Å²) >= 11 is 0. The Kier molecular flexibility index (Phi) is 4.31. The molecule has 0 spiro atoms. The van der Waals surface area contributed by atoms with Crippen molar-refractivity contribution in [3.63, 3.8) is 0 Å². The van der Waals surface area contributed by atoms with E-state index in [9.17, 15) is 9.90 Å². The van der Waals surface area contributed by atoms with Crippen LogP contribution in [0.25, 0.3) is 0 Å². The van der Waals surface area contributed by atoms with E-state index in [0.717, 1.165) is 5.56 Å². The molecule has 0 radical (unpaired) electrons. The first-order valence-corrected chi connectivity index (χ1v) is 5.24. The van der Waals surface area contributed by atoms with Crippen LogP contribution < -0.4 is 0 Å². The Balaban J connectivity index is 2.77. The number of hydrogen-bond donors (Lipinski definition) is 2. The molecule has 0 saturated heterocycles. The van der Waals surface area contributed by atoms with Crippen molar-refractivity contribution < 1.29 is 15.0 Å². The van der Waals surface area contributed by atoms with Gasteiger partial charge in [0, 0.05) is 6.54 Å². The first kappa shape index (κ1) is 12.5. The van der Waals surface area contributed by atoms with E-state index < -0.39 is 18.2 Å². The highest BCUT2D eigenvalue weighted by Gasteiger charge is 2.22. The SMILES string of the molecule is CC(O)[C@@H](C)N(Cc1ccccc1)C(=O)O. The molecule has 2 N–H and O–H groups in total. The third-order valence-electron chi connectivity index (χ3n) is 2.63. The van der Waals surface area contributed by atoms with E-state index in [1.165, 1.54) is 4.90 Å². The minimum atomic E-state index is -1.02. The molecule has 4 nitrogen and oxygen atoms in total. The fraction of sp³-hybridized carbons (Fsp3) is 0.417. The Bertz CT molecular complexity index is 337. The van der Waals surface area contributed by atoms with E-state index in [0.29, 0.717) is 6.54 Å². The summed E-state index contributed by atoms with van der Waals surface area (Å²) in [7, 11) is 0. The van der Waals surface area contributed by atoms with E-state index in [4.69, 9.17) is 5.11 Å². The van der Waals surface area contributed by atoms with Crippen LogP contribution in [0.15, 0.2) is 30.3 Å². The average molecular weight is 223 g/mol. The van der Waals surface area contributed by atoms with Crippen molar-refractivity contribution in [3.8, 4) is 0 Å². The molecule has 0 bridgehead atoms. The number of aliphatic hydroxyl groups excluding tert-OH is 1. The maximum atomic E-state index is 11.1. The molecule has 0 heterocycles. The number of carbonyl (C=O) groups is 1. The fourth-order valence-electron chi connectivity index (χ4n) is 1.43. The van der Waals surface area contributed by atoms with Crippen LogP contribution >= 0.6 is 0 Å². The number of hydrogen-bond acceptors (Lipinski definition) is 2. The zero-order valence-electron chi connectivity index (χ0n) is 9.50. The van der Waals surface area contributed by atoms with Gasteiger partial charge in [0.05, 0.1) is 12.1 Å². The van der Waals surface area contributed by atoms with Crippen molar-refractivity contribution in [1.82, 2.24) is 4.90 Å². The zero-order chi connectivity index (χ0) is 12.1. The molecule has 0 fully saturated rings. The van der Waals surface area contributed by atoms with Gasteiger partial charge in [-0.1, -0.05) is 30.3 Å². The zero-order valence-corrected chi connectivity index (χ0v) is 9.50. The molecule has 16 heavy (non-hydrogen) atoms. The number of amides is 1. The summed E-state index contributed by atoms with van der Waals surface area (Å²) in [5.41, 5.74) is 0.914. The largest absolute Gasteiger partial charge is 0.465 e. The van der Waals surface area contributed by atoms with Gasteiger partial charge in [-0.2, -0.15) is 0 Å². The third kappa shape index (κ3) is 3.24. The van der Waals surface area contributed by atoms with E-state index in [2.05, 4.69) is 0 Å². The predicted molar refractivity (Wildman–Crippen MR) is 61.2 cm³/mol. The van der Waals surface area contributed by atoms with Gasteiger partial charge in [-0.3, -0.25) is 4.90 Å². The van der Waals surface area contributed by atoms with E-state index >= 15 is 0 Å². The van der Waals surface area contributed by atoms with Crippen molar-refractivity contribution in [2.24, 2.45) is 0 Å². The summed E-state index contributed by atoms with van der Waals surface area (Å²) in [6, 6.07) is 8.92. The minimum Gasteiger partial charge on any atom is -0.465 e. The van der Waals surface area contributed by atoms with Gasteiger partial charge < -0.3 is 10.2 Å². The molecule has 88 valence electrons. The second-order valence-electron chi connectivity index (χ2n) is 3.88. The second-order valence-corrected chi connectivity index (χ2v) is 3.88. The fourth-order valence-corrected chi connectivity index (χ4v) is 1.43. The molecule has 2 atom stereocenters. The summed E-state index contributed by atoms with van der Waals surface area (Å²) in [6.07, 6.45) is -1.70. The highest BCUT2D eigenvalue weighted by molar-refractivity contribution is 5.65. The predicted octanol–water partition coefficient (Wildman–Crippen LogP) is 1.94. The lowest BCUT2D eigenvalue weighted by Gasteiger charge is -2.28. The molecule has 1 unspecified atom stereocenters. The molecule has 4 heteroatoms. The Labute approximate surface area is 95.1 Å². The molecule has 0 saturated carbocycles. The highest BCUT2D eigenvalue weighted by Crippen LogP contribution is 2.11. The van der Waals surface area contributed by atoms with Gasteiger partial charge in [-0.25, -0.2) is 4.79 Å². The van der Waals surface area contributed by atoms with Crippen molar-refractivity contribution >= 4 is 6.09 Å². The first-order chi connectivity index (χ1) is 7.52. The molecule has 0 aliphatic rings. The van der Waals surface area contributed by atoms with Crippen LogP contribution in [-0.4, -0.2) is 33.4 Å². The smallest absolute Gasteiger partial charge is 0.407 e. The Morgan fingerprint density at radius 3 is 2.31 bits per heavy atom. The first-order valence-electron chi connectivity index (χ1n) is 5.24. The van der Waals surface area contributed by atoms with Crippen LogP contribution in [0, 0.1) is 0 Å². The lowest BCUT2D eigenvalue weighted by atomic mass is 10.1. The van der Waals surface area contributed by atoms with Gasteiger partial charge in [0.1, 0.15) is 0 Å². The van der Waals surface area contributed by atoms with Crippen molar-refractivity contribution in [2.45, 2.75) is 32.5 Å². The Morgan fingerprint density at radius 1 is 1.31 bits per heavy atom. The molecular weight excluding hydrogens is 206 g/mol.